The third-order valence-corrected chi connectivity index (χ3v) is 4.19. The zero-order valence-corrected chi connectivity index (χ0v) is 13.5. The lowest BCUT2D eigenvalue weighted by Crippen LogP contribution is -2.26. The van der Waals surface area contributed by atoms with Crippen molar-refractivity contribution in [1.82, 2.24) is 20.1 Å². The lowest BCUT2D eigenvalue weighted by Gasteiger charge is -2.21. The lowest BCUT2D eigenvalue weighted by atomic mass is 10.0. The SMILES string of the molecule is CC(C)Cn1ncnc1CNC(c1cccs1)C(C)C. The Morgan fingerprint density at radius 3 is 2.70 bits per heavy atom. The highest BCUT2D eigenvalue weighted by Crippen LogP contribution is 2.25. The average molecular weight is 292 g/mol. The van der Waals surface area contributed by atoms with Gasteiger partial charge in [-0.05, 0) is 23.3 Å². The Hall–Kier alpha value is -1.20. The van der Waals surface area contributed by atoms with E-state index in [0.29, 0.717) is 17.9 Å². The van der Waals surface area contributed by atoms with E-state index >= 15 is 0 Å². The first-order chi connectivity index (χ1) is 9.58. The summed E-state index contributed by atoms with van der Waals surface area (Å²) in [4.78, 5) is 5.76. The van der Waals surface area contributed by atoms with Crippen LogP contribution in [0.25, 0.3) is 0 Å². The Bertz CT molecular complexity index is 502. The van der Waals surface area contributed by atoms with Gasteiger partial charge in [0, 0.05) is 17.5 Å². The third-order valence-electron chi connectivity index (χ3n) is 3.23. The second-order valence-electron chi connectivity index (χ2n) is 5.87. The number of aromatic nitrogens is 3. The fraction of sp³-hybridized carbons (Fsp3) is 0.600. The van der Waals surface area contributed by atoms with Gasteiger partial charge in [0.05, 0.1) is 6.54 Å². The maximum absolute atomic E-state index is 4.37. The molecule has 0 aliphatic rings. The molecule has 0 fully saturated rings. The van der Waals surface area contributed by atoms with E-state index in [-0.39, 0.29) is 0 Å². The fourth-order valence-corrected chi connectivity index (χ4v) is 3.23. The van der Waals surface area contributed by atoms with Crippen LogP contribution in [0.2, 0.25) is 0 Å². The van der Waals surface area contributed by atoms with Crippen LogP contribution in [0.5, 0.6) is 0 Å². The normalized spacial score (nSPS) is 13.3. The van der Waals surface area contributed by atoms with Gasteiger partial charge in [-0.2, -0.15) is 5.10 Å². The van der Waals surface area contributed by atoms with Crippen LogP contribution in [-0.2, 0) is 13.1 Å². The monoisotopic (exact) mass is 292 g/mol. The summed E-state index contributed by atoms with van der Waals surface area (Å²) in [7, 11) is 0. The molecular weight excluding hydrogens is 268 g/mol. The first-order valence-electron chi connectivity index (χ1n) is 7.21. The highest BCUT2D eigenvalue weighted by molar-refractivity contribution is 7.10. The van der Waals surface area contributed by atoms with E-state index in [1.807, 2.05) is 4.68 Å². The van der Waals surface area contributed by atoms with E-state index in [0.717, 1.165) is 18.9 Å². The summed E-state index contributed by atoms with van der Waals surface area (Å²) < 4.78 is 2.00. The zero-order chi connectivity index (χ0) is 14.5. The average Bonchev–Trinajstić information content (AvgIpc) is 3.01. The smallest absolute Gasteiger partial charge is 0.140 e. The summed E-state index contributed by atoms with van der Waals surface area (Å²) in [5.41, 5.74) is 0. The summed E-state index contributed by atoms with van der Waals surface area (Å²) in [6.45, 7) is 10.6. The standard InChI is InChI=1S/C15H24N4S/c1-11(2)9-19-14(17-10-18-19)8-16-15(12(3)4)13-6-5-7-20-13/h5-7,10-12,15-16H,8-9H2,1-4H3. The predicted octanol–water partition coefficient (Wildman–Crippen LogP) is 3.48. The van der Waals surface area contributed by atoms with Gasteiger partial charge in [-0.15, -0.1) is 11.3 Å². The van der Waals surface area contributed by atoms with Crippen molar-refractivity contribution in [2.75, 3.05) is 0 Å². The van der Waals surface area contributed by atoms with Crippen LogP contribution >= 0.6 is 11.3 Å². The Morgan fingerprint density at radius 1 is 1.30 bits per heavy atom. The molecule has 0 spiro atoms. The number of thiophene rings is 1. The van der Waals surface area contributed by atoms with E-state index in [1.165, 1.54) is 4.88 Å². The van der Waals surface area contributed by atoms with Gasteiger partial charge < -0.3 is 5.32 Å². The molecule has 2 aromatic heterocycles. The Kier molecular flexibility index (Phi) is 5.31. The molecule has 0 saturated carbocycles. The summed E-state index contributed by atoms with van der Waals surface area (Å²) >= 11 is 1.81. The van der Waals surface area contributed by atoms with Gasteiger partial charge in [0.15, 0.2) is 0 Å². The number of hydrogen-bond donors (Lipinski definition) is 1. The molecule has 0 aromatic carbocycles. The van der Waals surface area contributed by atoms with Gasteiger partial charge in [0.1, 0.15) is 12.2 Å². The van der Waals surface area contributed by atoms with Crippen molar-refractivity contribution in [3.05, 3.63) is 34.5 Å². The van der Waals surface area contributed by atoms with Crippen LogP contribution in [0, 0.1) is 11.8 Å². The minimum Gasteiger partial charge on any atom is -0.302 e. The second-order valence-corrected chi connectivity index (χ2v) is 6.85. The first kappa shape index (κ1) is 15.2. The molecule has 1 atom stereocenters. The predicted molar refractivity (Wildman–Crippen MR) is 83.6 cm³/mol. The van der Waals surface area contributed by atoms with E-state index in [4.69, 9.17) is 0 Å². The topological polar surface area (TPSA) is 42.7 Å². The molecule has 0 amide bonds. The zero-order valence-electron chi connectivity index (χ0n) is 12.7. The van der Waals surface area contributed by atoms with Crippen LogP contribution in [0.15, 0.2) is 23.8 Å². The number of hydrogen-bond acceptors (Lipinski definition) is 4. The second kappa shape index (κ2) is 6.99. The number of nitrogens with zero attached hydrogens (tertiary/aromatic N) is 3. The summed E-state index contributed by atoms with van der Waals surface area (Å²) in [6, 6.07) is 4.68. The molecule has 0 radical (unpaired) electrons. The summed E-state index contributed by atoms with van der Waals surface area (Å²) in [5.74, 6) is 2.14. The first-order valence-corrected chi connectivity index (χ1v) is 8.09. The van der Waals surface area contributed by atoms with Gasteiger partial charge in [-0.25, -0.2) is 9.67 Å². The molecule has 110 valence electrons. The van der Waals surface area contributed by atoms with Gasteiger partial charge in [0.25, 0.3) is 0 Å². The van der Waals surface area contributed by atoms with E-state index in [1.54, 1.807) is 17.7 Å². The highest BCUT2D eigenvalue weighted by Gasteiger charge is 2.17. The van der Waals surface area contributed by atoms with Crippen molar-refractivity contribution >= 4 is 11.3 Å². The molecule has 0 saturated heterocycles. The van der Waals surface area contributed by atoms with Gasteiger partial charge >= 0.3 is 0 Å². The molecule has 5 heteroatoms. The molecule has 1 N–H and O–H groups in total. The quantitative estimate of drug-likeness (QED) is 0.849. The minimum absolute atomic E-state index is 0.374. The van der Waals surface area contributed by atoms with Crippen LogP contribution in [0.3, 0.4) is 0 Å². The largest absolute Gasteiger partial charge is 0.302 e. The van der Waals surface area contributed by atoms with Gasteiger partial charge in [0.2, 0.25) is 0 Å². The maximum atomic E-state index is 4.37. The maximum Gasteiger partial charge on any atom is 0.140 e. The Labute approximate surface area is 125 Å². The molecule has 2 heterocycles. The minimum atomic E-state index is 0.374. The van der Waals surface area contributed by atoms with E-state index in [2.05, 4.69) is 60.6 Å². The van der Waals surface area contributed by atoms with Crippen molar-refractivity contribution in [2.24, 2.45) is 11.8 Å². The molecule has 1 unspecified atom stereocenters. The number of rotatable bonds is 7. The van der Waals surface area contributed by atoms with Gasteiger partial charge in [-0.3, -0.25) is 0 Å². The molecule has 0 aliphatic heterocycles. The van der Waals surface area contributed by atoms with Crippen molar-refractivity contribution in [1.29, 1.82) is 0 Å². The van der Waals surface area contributed by atoms with Gasteiger partial charge in [-0.1, -0.05) is 33.8 Å². The molecule has 2 rings (SSSR count). The van der Waals surface area contributed by atoms with Crippen molar-refractivity contribution < 1.29 is 0 Å². The molecule has 0 bridgehead atoms. The summed E-state index contributed by atoms with van der Waals surface area (Å²) in [6.07, 6.45) is 1.65. The molecular formula is C15H24N4S. The van der Waals surface area contributed by atoms with Crippen molar-refractivity contribution in [3.8, 4) is 0 Å². The summed E-state index contributed by atoms with van der Waals surface area (Å²) in [5, 5.41) is 10.1. The van der Waals surface area contributed by atoms with Crippen molar-refractivity contribution in [3.63, 3.8) is 0 Å². The van der Waals surface area contributed by atoms with Crippen molar-refractivity contribution in [2.45, 2.75) is 46.8 Å². The molecule has 20 heavy (non-hydrogen) atoms. The third kappa shape index (κ3) is 3.90. The molecule has 2 aromatic rings. The van der Waals surface area contributed by atoms with Crippen LogP contribution in [0.4, 0.5) is 0 Å². The molecule has 0 aliphatic carbocycles. The lowest BCUT2D eigenvalue weighted by molar-refractivity contribution is 0.395. The highest BCUT2D eigenvalue weighted by atomic mass is 32.1. The van der Waals surface area contributed by atoms with E-state index in [9.17, 15) is 0 Å². The number of nitrogens with one attached hydrogen (secondary N) is 1. The Balaban J connectivity index is 2.01. The van der Waals surface area contributed by atoms with Crippen LogP contribution in [0.1, 0.15) is 44.4 Å². The molecule has 4 nitrogen and oxygen atoms in total. The fourth-order valence-electron chi connectivity index (χ4n) is 2.26. The Morgan fingerprint density at radius 2 is 2.10 bits per heavy atom. The van der Waals surface area contributed by atoms with E-state index < -0.39 is 0 Å². The van der Waals surface area contributed by atoms with Crippen LogP contribution < -0.4 is 5.32 Å². The van der Waals surface area contributed by atoms with Crippen LogP contribution in [-0.4, -0.2) is 14.8 Å².